The Labute approximate surface area is 197 Å². The number of aliphatic hydroxyl groups excluding tert-OH is 1. The number of aromatic nitrogens is 2. The third-order valence-corrected chi connectivity index (χ3v) is 6.02. The van der Waals surface area contributed by atoms with Gasteiger partial charge >= 0.3 is 0 Å². The van der Waals surface area contributed by atoms with Gasteiger partial charge in [-0.3, -0.25) is 9.69 Å². The van der Waals surface area contributed by atoms with Crippen molar-refractivity contribution < 1.29 is 14.6 Å². The quantitative estimate of drug-likeness (QED) is 0.383. The van der Waals surface area contributed by atoms with E-state index in [1.54, 1.807) is 13.2 Å². The third-order valence-electron chi connectivity index (χ3n) is 4.92. The summed E-state index contributed by atoms with van der Waals surface area (Å²) in [5.74, 6) is 0.566. The topological polar surface area (TPSA) is 87.7 Å². The number of halogens is 1. The average molecular weight is 480 g/mol. The van der Waals surface area contributed by atoms with E-state index in [2.05, 4.69) is 9.88 Å². The number of methoxy groups -OCH3 is 1. The molecule has 1 aromatic carbocycles. The van der Waals surface area contributed by atoms with Gasteiger partial charge in [0.25, 0.3) is 5.56 Å². The second kappa shape index (κ2) is 11.9. The van der Waals surface area contributed by atoms with Crippen LogP contribution in [-0.2, 0) is 16.0 Å². The maximum absolute atomic E-state index is 13.0. The lowest BCUT2D eigenvalue weighted by Gasteiger charge is -2.25. The minimum Gasteiger partial charge on any atom is -0.389 e. The Kier molecular flexibility index (Phi) is 9.22. The zero-order valence-electron chi connectivity index (χ0n) is 18.6. The second-order valence-corrected chi connectivity index (χ2v) is 9.26. The van der Waals surface area contributed by atoms with Gasteiger partial charge in [-0.2, -0.15) is 0 Å². The molecule has 3 rings (SSSR count). The fourth-order valence-electron chi connectivity index (χ4n) is 3.47. The number of ether oxygens (including phenoxy) is 2. The van der Waals surface area contributed by atoms with Crippen LogP contribution >= 0.6 is 22.9 Å². The van der Waals surface area contributed by atoms with Crippen LogP contribution < -0.4 is 5.56 Å². The van der Waals surface area contributed by atoms with Crippen LogP contribution in [0.2, 0.25) is 5.02 Å². The molecule has 0 unspecified atom stereocenters. The first kappa shape index (κ1) is 24.8. The highest BCUT2D eigenvalue weighted by Crippen LogP contribution is 2.32. The third kappa shape index (κ3) is 6.84. The number of aliphatic hydroxyl groups is 1. The molecule has 0 fully saturated rings. The van der Waals surface area contributed by atoms with Crippen molar-refractivity contribution in [3.63, 3.8) is 0 Å². The number of thiophene rings is 1. The van der Waals surface area contributed by atoms with Crippen LogP contribution in [-0.4, -0.2) is 65.6 Å². The number of nitrogens with one attached hydrogen (secondary N) is 1. The first-order valence-corrected chi connectivity index (χ1v) is 11.9. The molecule has 2 N–H and O–H groups in total. The minimum atomic E-state index is -0.633. The van der Waals surface area contributed by atoms with Crippen molar-refractivity contribution in [1.82, 2.24) is 14.9 Å². The summed E-state index contributed by atoms with van der Waals surface area (Å²) in [6.45, 7) is 6.28. The summed E-state index contributed by atoms with van der Waals surface area (Å²) in [6.07, 6.45) is 0.227. The van der Waals surface area contributed by atoms with Gasteiger partial charge in [0.1, 0.15) is 10.7 Å². The fourth-order valence-corrected chi connectivity index (χ4v) is 4.63. The van der Waals surface area contributed by atoms with E-state index in [0.29, 0.717) is 47.3 Å². The van der Waals surface area contributed by atoms with Gasteiger partial charge in [-0.1, -0.05) is 23.7 Å². The first-order valence-electron chi connectivity index (χ1n) is 10.6. The van der Waals surface area contributed by atoms with Gasteiger partial charge in [-0.15, -0.1) is 11.3 Å². The molecule has 0 aliphatic heterocycles. The molecule has 0 aliphatic carbocycles. The number of rotatable bonds is 12. The van der Waals surface area contributed by atoms with E-state index in [-0.39, 0.29) is 18.3 Å². The monoisotopic (exact) mass is 479 g/mol. The molecule has 0 spiro atoms. The summed E-state index contributed by atoms with van der Waals surface area (Å²) >= 11 is 7.56. The minimum absolute atomic E-state index is 0.0551. The van der Waals surface area contributed by atoms with Gasteiger partial charge in [-0.05, 0) is 38.0 Å². The Morgan fingerprint density at radius 1 is 1.34 bits per heavy atom. The van der Waals surface area contributed by atoms with Gasteiger partial charge in [0.15, 0.2) is 0 Å². The fraction of sp³-hybridized carbons (Fsp3) is 0.478. The van der Waals surface area contributed by atoms with E-state index in [0.717, 1.165) is 17.5 Å². The number of benzene rings is 1. The van der Waals surface area contributed by atoms with E-state index in [4.69, 9.17) is 26.1 Å². The Balaban J connectivity index is 1.80. The predicted octanol–water partition coefficient (Wildman–Crippen LogP) is 3.93. The lowest BCUT2D eigenvalue weighted by molar-refractivity contribution is -0.0106. The van der Waals surface area contributed by atoms with Crippen LogP contribution in [0.4, 0.5) is 0 Å². The number of fused-ring (bicyclic) bond motifs is 1. The molecule has 174 valence electrons. The SMILES string of the molecule is COCCCN(Cc1nc2scc(-c3cccc(Cl)c3)c2c(=O)[nH]1)C[C@H](O)COC(C)C. The number of aromatic amines is 1. The van der Waals surface area contributed by atoms with E-state index in [9.17, 15) is 9.90 Å². The largest absolute Gasteiger partial charge is 0.389 e. The highest BCUT2D eigenvalue weighted by Gasteiger charge is 2.17. The first-order chi connectivity index (χ1) is 15.4. The van der Waals surface area contributed by atoms with Gasteiger partial charge in [0.2, 0.25) is 0 Å². The molecule has 0 amide bonds. The normalized spacial score (nSPS) is 12.8. The molecular formula is C23H30ClN3O4S. The summed E-state index contributed by atoms with van der Waals surface area (Å²) in [7, 11) is 1.66. The van der Waals surface area contributed by atoms with E-state index < -0.39 is 6.10 Å². The number of hydrogen-bond donors (Lipinski definition) is 2. The molecule has 9 heteroatoms. The maximum atomic E-state index is 13.0. The van der Waals surface area contributed by atoms with Crippen molar-refractivity contribution in [3.05, 3.63) is 50.8 Å². The summed E-state index contributed by atoms with van der Waals surface area (Å²) in [5.41, 5.74) is 1.53. The molecule has 0 saturated heterocycles. The predicted molar refractivity (Wildman–Crippen MR) is 130 cm³/mol. The van der Waals surface area contributed by atoms with Crippen LogP contribution in [0.1, 0.15) is 26.1 Å². The Morgan fingerprint density at radius 3 is 2.88 bits per heavy atom. The number of hydrogen-bond acceptors (Lipinski definition) is 7. The maximum Gasteiger partial charge on any atom is 0.260 e. The standard InChI is InChI=1S/C23H30ClN3O4S/c1-15(2)31-13-18(28)11-27(8-5-9-30-3)12-20-25-22(29)21-19(14-32-23(21)26-20)16-6-4-7-17(24)10-16/h4,6-7,10,14-15,18,28H,5,8-9,11-13H2,1-3H3,(H,25,26,29)/t18-/m0/s1. The van der Waals surface area contributed by atoms with Gasteiger partial charge in [0.05, 0.1) is 30.7 Å². The van der Waals surface area contributed by atoms with Crippen LogP contribution in [0.3, 0.4) is 0 Å². The molecule has 7 nitrogen and oxygen atoms in total. The van der Waals surface area contributed by atoms with Crippen LogP contribution in [0, 0.1) is 0 Å². The highest BCUT2D eigenvalue weighted by molar-refractivity contribution is 7.17. The number of H-pyrrole nitrogens is 1. The Morgan fingerprint density at radius 2 is 2.16 bits per heavy atom. The molecular weight excluding hydrogens is 450 g/mol. The summed E-state index contributed by atoms with van der Waals surface area (Å²) in [4.78, 5) is 23.3. The van der Waals surface area contributed by atoms with Crippen LogP contribution in [0.25, 0.3) is 21.3 Å². The van der Waals surface area contributed by atoms with E-state index in [1.165, 1.54) is 11.3 Å². The van der Waals surface area contributed by atoms with Crippen molar-refractivity contribution in [2.24, 2.45) is 0 Å². The summed E-state index contributed by atoms with van der Waals surface area (Å²) in [6, 6.07) is 7.44. The molecule has 0 bridgehead atoms. The van der Waals surface area contributed by atoms with Crippen molar-refractivity contribution in [1.29, 1.82) is 0 Å². The van der Waals surface area contributed by atoms with Crippen molar-refractivity contribution in [2.45, 2.75) is 39.0 Å². The summed E-state index contributed by atoms with van der Waals surface area (Å²) < 4.78 is 10.7. The molecule has 0 aliphatic rings. The van der Waals surface area contributed by atoms with Crippen LogP contribution in [0.15, 0.2) is 34.4 Å². The van der Waals surface area contributed by atoms with Crippen molar-refractivity contribution in [2.75, 3.05) is 33.4 Å². The molecule has 2 heterocycles. The average Bonchev–Trinajstić information content (AvgIpc) is 3.17. The smallest absolute Gasteiger partial charge is 0.260 e. The lowest BCUT2D eigenvalue weighted by Crippen LogP contribution is -2.37. The molecule has 0 saturated carbocycles. The molecule has 1 atom stereocenters. The van der Waals surface area contributed by atoms with Crippen molar-refractivity contribution >= 4 is 33.2 Å². The summed E-state index contributed by atoms with van der Waals surface area (Å²) in [5, 5.41) is 13.5. The number of nitrogens with zero attached hydrogens (tertiary/aromatic N) is 2. The molecule has 32 heavy (non-hydrogen) atoms. The molecule has 0 radical (unpaired) electrons. The molecule has 3 aromatic rings. The van der Waals surface area contributed by atoms with Crippen molar-refractivity contribution in [3.8, 4) is 11.1 Å². The zero-order chi connectivity index (χ0) is 23.1. The molecule has 2 aromatic heterocycles. The Hall–Kier alpha value is -1.81. The lowest BCUT2D eigenvalue weighted by atomic mass is 10.1. The van der Waals surface area contributed by atoms with Gasteiger partial charge in [0, 0.05) is 42.8 Å². The Bertz CT molecular complexity index is 1070. The second-order valence-electron chi connectivity index (χ2n) is 7.97. The van der Waals surface area contributed by atoms with Gasteiger partial charge < -0.3 is 19.6 Å². The van der Waals surface area contributed by atoms with Crippen LogP contribution in [0.5, 0.6) is 0 Å². The van der Waals surface area contributed by atoms with E-state index in [1.807, 2.05) is 37.4 Å². The zero-order valence-corrected chi connectivity index (χ0v) is 20.2. The highest BCUT2D eigenvalue weighted by atomic mass is 35.5. The van der Waals surface area contributed by atoms with E-state index >= 15 is 0 Å². The van der Waals surface area contributed by atoms with Gasteiger partial charge in [-0.25, -0.2) is 4.98 Å².